The smallest absolute Gasteiger partial charge is 0.153 e. The van der Waals surface area contributed by atoms with E-state index < -0.39 is 9.84 Å². The van der Waals surface area contributed by atoms with Crippen LogP contribution in [0.1, 0.15) is 12.5 Å². The zero-order valence-corrected chi connectivity index (χ0v) is 11.4. The van der Waals surface area contributed by atoms with Crippen molar-refractivity contribution >= 4 is 15.7 Å². The fraction of sp³-hybridized carbons (Fsp3) is 0.583. The van der Waals surface area contributed by atoms with Crippen LogP contribution in [-0.2, 0) is 16.4 Å². The Bertz CT molecular complexity index is 488. The molecular formula is C12H19N3O2S. The Balaban J connectivity index is 2.13. The van der Waals surface area contributed by atoms with Gasteiger partial charge >= 0.3 is 0 Å². The van der Waals surface area contributed by atoms with Gasteiger partial charge in [0.1, 0.15) is 5.82 Å². The first-order valence-electron chi connectivity index (χ1n) is 6.22. The van der Waals surface area contributed by atoms with Gasteiger partial charge in [-0.15, -0.1) is 0 Å². The Morgan fingerprint density at radius 1 is 1.39 bits per heavy atom. The summed E-state index contributed by atoms with van der Waals surface area (Å²) < 4.78 is 22.8. The van der Waals surface area contributed by atoms with Gasteiger partial charge in [-0.2, -0.15) is 0 Å². The van der Waals surface area contributed by atoms with Gasteiger partial charge in [-0.05, 0) is 12.6 Å². The van der Waals surface area contributed by atoms with Gasteiger partial charge in [0.25, 0.3) is 0 Å². The van der Waals surface area contributed by atoms with E-state index in [4.69, 9.17) is 0 Å². The van der Waals surface area contributed by atoms with Crippen LogP contribution in [0.5, 0.6) is 0 Å². The van der Waals surface area contributed by atoms with E-state index in [2.05, 4.69) is 22.1 Å². The highest BCUT2D eigenvalue weighted by atomic mass is 32.2. The van der Waals surface area contributed by atoms with Crippen molar-refractivity contribution in [3.63, 3.8) is 0 Å². The van der Waals surface area contributed by atoms with Crippen LogP contribution < -0.4 is 10.2 Å². The molecule has 0 radical (unpaired) electrons. The van der Waals surface area contributed by atoms with Crippen LogP contribution in [0.4, 0.5) is 5.82 Å². The van der Waals surface area contributed by atoms with Crippen LogP contribution in [0.25, 0.3) is 0 Å². The average Bonchev–Trinajstić information content (AvgIpc) is 2.37. The molecule has 18 heavy (non-hydrogen) atoms. The second-order valence-corrected chi connectivity index (χ2v) is 6.71. The molecule has 1 saturated heterocycles. The molecule has 0 atom stereocenters. The highest BCUT2D eigenvalue weighted by Gasteiger charge is 2.23. The zero-order valence-electron chi connectivity index (χ0n) is 10.6. The Morgan fingerprint density at radius 3 is 2.78 bits per heavy atom. The third-order valence-electron chi connectivity index (χ3n) is 3.08. The van der Waals surface area contributed by atoms with Gasteiger partial charge in [0.05, 0.1) is 11.5 Å². The van der Waals surface area contributed by atoms with Crippen LogP contribution in [0.3, 0.4) is 0 Å². The van der Waals surface area contributed by atoms with E-state index in [0.717, 1.165) is 24.5 Å². The molecule has 0 aliphatic carbocycles. The van der Waals surface area contributed by atoms with Gasteiger partial charge in [-0.3, -0.25) is 0 Å². The third-order valence-corrected chi connectivity index (χ3v) is 4.69. The second-order valence-electron chi connectivity index (χ2n) is 4.41. The highest BCUT2D eigenvalue weighted by molar-refractivity contribution is 7.91. The summed E-state index contributed by atoms with van der Waals surface area (Å²) in [4.78, 5) is 6.46. The van der Waals surface area contributed by atoms with Crippen LogP contribution in [0.2, 0.25) is 0 Å². The number of nitrogens with one attached hydrogen (secondary N) is 1. The first kappa shape index (κ1) is 13.3. The molecular weight excluding hydrogens is 250 g/mol. The maximum atomic E-state index is 11.4. The molecule has 1 aliphatic heterocycles. The first-order chi connectivity index (χ1) is 8.62. The number of aromatic nitrogens is 1. The minimum absolute atomic E-state index is 0.226. The van der Waals surface area contributed by atoms with Crippen LogP contribution in [0, 0.1) is 0 Å². The van der Waals surface area contributed by atoms with Crippen molar-refractivity contribution in [1.29, 1.82) is 0 Å². The molecule has 0 unspecified atom stereocenters. The number of sulfone groups is 1. The molecule has 6 heteroatoms. The largest absolute Gasteiger partial charge is 0.354 e. The lowest BCUT2D eigenvalue weighted by Crippen LogP contribution is -2.41. The number of pyridine rings is 1. The van der Waals surface area contributed by atoms with E-state index in [9.17, 15) is 8.42 Å². The predicted molar refractivity (Wildman–Crippen MR) is 72.5 cm³/mol. The van der Waals surface area contributed by atoms with E-state index in [1.165, 1.54) is 0 Å². The summed E-state index contributed by atoms with van der Waals surface area (Å²) >= 11 is 0. The molecule has 1 aromatic heterocycles. The summed E-state index contributed by atoms with van der Waals surface area (Å²) in [5.41, 5.74) is 1.12. The Labute approximate surface area is 108 Å². The van der Waals surface area contributed by atoms with Crippen molar-refractivity contribution in [3.8, 4) is 0 Å². The quantitative estimate of drug-likeness (QED) is 0.858. The Morgan fingerprint density at radius 2 is 2.11 bits per heavy atom. The van der Waals surface area contributed by atoms with Crippen molar-refractivity contribution in [2.45, 2.75) is 13.5 Å². The summed E-state index contributed by atoms with van der Waals surface area (Å²) in [6, 6.07) is 3.95. The van der Waals surface area contributed by atoms with Gasteiger partial charge in [0, 0.05) is 31.4 Å². The minimum atomic E-state index is -2.84. The molecule has 1 aromatic rings. The zero-order chi connectivity index (χ0) is 13.0. The number of anilines is 1. The molecule has 1 N–H and O–H groups in total. The number of hydrogen-bond donors (Lipinski definition) is 1. The fourth-order valence-electron chi connectivity index (χ4n) is 2.04. The fourth-order valence-corrected chi connectivity index (χ4v) is 3.24. The van der Waals surface area contributed by atoms with E-state index in [1.807, 2.05) is 12.1 Å². The molecule has 0 saturated carbocycles. The number of nitrogens with zero attached hydrogens (tertiary/aromatic N) is 2. The van der Waals surface area contributed by atoms with Crippen molar-refractivity contribution in [3.05, 3.63) is 23.9 Å². The molecule has 1 fully saturated rings. The van der Waals surface area contributed by atoms with Crippen LogP contribution in [0.15, 0.2) is 18.3 Å². The van der Waals surface area contributed by atoms with E-state index in [1.54, 1.807) is 6.20 Å². The summed E-state index contributed by atoms with van der Waals surface area (Å²) in [6.45, 7) is 4.81. The minimum Gasteiger partial charge on any atom is -0.354 e. The Hall–Kier alpha value is -1.14. The van der Waals surface area contributed by atoms with E-state index in [0.29, 0.717) is 13.1 Å². The first-order valence-corrected chi connectivity index (χ1v) is 8.04. The second kappa shape index (κ2) is 5.67. The predicted octanol–water partition coefficient (Wildman–Crippen LogP) is 0.426. The average molecular weight is 269 g/mol. The van der Waals surface area contributed by atoms with Gasteiger partial charge in [0.2, 0.25) is 0 Å². The van der Waals surface area contributed by atoms with Crippen LogP contribution >= 0.6 is 0 Å². The maximum absolute atomic E-state index is 11.4. The van der Waals surface area contributed by atoms with Gasteiger partial charge in [0.15, 0.2) is 9.84 Å². The summed E-state index contributed by atoms with van der Waals surface area (Å²) in [6.07, 6.45) is 1.76. The molecule has 0 spiro atoms. The lowest BCUT2D eigenvalue weighted by atomic mass is 10.2. The van der Waals surface area contributed by atoms with Crippen molar-refractivity contribution in [1.82, 2.24) is 10.3 Å². The van der Waals surface area contributed by atoms with Gasteiger partial charge < -0.3 is 10.2 Å². The SMILES string of the molecule is CCNCc1cccnc1N1CCS(=O)(=O)CC1. The Kier molecular flexibility index (Phi) is 4.19. The molecule has 0 amide bonds. The molecule has 1 aliphatic rings. The maximum Gasteiger partial charge on any atom is 0.153 e. The third kappa shape index (κ3) is 3.20. The van der Waals surface area contributed by atoms with Crippen LogP contribution in [-0.4, -0.2) is 44.5 Å². The van der Waals surface area contributed by atoms with Crippen molar-refractivity contribution < 1.29 is 8.42 Å². The molecule has 5 nitrogen and oxygen atoms in total. The monoisotopic (exact) mass is 269 g/mol. The normalized spacial score (nSPS) is 18.8. The van der Waals surface area contributed by atoms with E-state index >= 15 is 0 Å². The van der Waals surface area contributed by atoms with Gasteiger partial charge in [-0.1, -0.05) is 13.0 Å². The van der Waals surface area contributed by atoms with Crippen molar-refractivity contribution in [2.24, 2.45) is 0 Å². The molecule has 100 valence electrons. The van der Waals surface area contributed by atoms with Crippen molar-refractivity contribution in [2.75, 3.05) is 36.0 Å². The number of rotatable bonds is 4. The lowest BCUT2D eigenvalue weighted by Gasteiger charge is -2.29. The summed E-state index contributed by atoms with van der Waals surface area (Å²) in [5, 5.41) is 3.28. The number of hydrogen-bond acceptors (Lipinski definition) is 5. The highest BCUT2D eigenvalue weighted by Crippen LogP contribution is 2.19. The summed E-state index contributed by atoms with van der Waals surface area (Å²) in [5.74, 6) is 1.36. The van der Waals surface area contributed by atoms with E-state index in [-0.39, 0.29) is 11.5 Å². The molecule has 0 bridgehead atoms. The topological polar surface area (TPSA) is 62.3 Å². The standard InChI is InChI=1S/C12H19N3O2S/c1-2-13-10-11-4-3-5-14-12(11)15-6-8-18(16,17)9-7-15/h3-5,13H,2,6-10H2,1H3. The molecule has 0 aromatic carbocycles. The molecule has 2 rings (SSSR count). The summed E-state index contributed by atoms with van der Waals surface area (Å²) in [7, 11) is -2.84. The van der Waals surface area contributed by atoms with Gasteiger partial charge in [-0.25, -0.2) is 13.4 Å². The molecule has 2 heterocycles. The lowest BCUT2D eigenvalue weighted by molar-refractivity contribution is 0.586.